The number of unbranched alkanes of at least 4 members (excludes halogenated alkanes) is 3. The minimum atomic E-state index is -0.481. The number of ether oxygens (including phenoxy) is 2. The van der Waals surface area contributed by atoms with Crippen molar-refractivity contribution in [2.24, 2.45) is 5.92 Å². The Morgan fingerprint density at radius 1 is 1.14 bits per heavy atom. The quantitative estimate of drug-likeness (QED) is 0.439. The Bertz CT molecular complexity index is 759. The number of rotatable bonds is 11. The zero-order valence-corrected chi connectivity index (χ0v) is 18.8. The van der Waals surface area contributed by atoms with Crippen molar-refractivity contribution in [2.75, 3.05) is 13.2 Å². The molecule has 0 saturated heterocycles. The van der Waals surface area contributed by atoms with Crippen LogP contribution in [0.4, 0.5) is 4.79 Å². The number of hydrogen-bond donors (Lipinski definition) is 2. The molecule has 5 nitrogen and oxygen atoms in total. The van der Waals surface area contributed by atoms with E-state index in [2.05, 4.69) is 36.3 Å². The highest BCUT2D eigenvalue weighted by Crippen LogP contribution is 2.24. The van der Waals surface area contributed by atoms with Gasteiger partial charge in [-0.1, -0.05) is 39.5 Å². The van der Waals surface area contributed by atoms with Crippen LogP contribution in [-0.2, 0) is 11.2 Å². The van der Waals surface area contributed by atoms with Crippen molar-refractivity contribution in [3.05, 3.63) is 30.0 Å². The Kier molecular flexibility index (Phi) is 8.87. The number of fused-ring (bicyclic) bond motifs is 1. The fourth-order valence-corrected chi connectivity index (χ4v) is 3.27. The zero-order valence-electron chi connectivity index (χ0n) is 18.8. The fourth-order valence-electron chi connectivity index (χ4n) is 3.27. The van der Waals surface area contributed by atoms with Crippen molar-refractivity contribution in [3.63, 3.8) is 0 Å². The number of benzene rings is 1. The third-order valence-electron chi connectivity index (χ3n) is 4.75. The first kappa shape index (κ1) is 23.1. The van der Waals surface area contributed by atoms with Crippen molar-refractivity contribution in [1.82, 2.24) is 10.3 Å². The summed E-state index contributed by atoms with van der Waals surface area (Å²) in [4.78, 5) is 15.1. The predicted octanol–water partition coefficient (Wildman–Crippen LogP) is 6.22. The van der Waals surface area contributed by atoms with E-state index in [9.17, 15) is 4.79 Å². The highest BCUT2D eigenvalue weighted by molar-refractivity contribution is 5.84. The molecule has 0 spiro atoms. The number of carbonyl (C=O) groups excluding carboxylic acids is 1. The van der Waals surface area contributed by atoms with Gasteiger partial charge in [0.05, 0.1) is 6.61 Å². The van der Waals surface area contributed by atoms with Crippen LogP contribution in [-0.4, -0.2) is 29.8 Å². The molecule has 162 valence electrons. The highest BCUT2D eigenvalue weighted by atomic mass is 16.6. The lowest BCUT2D eigenvalue weighted by molar-refractivity contribution is 0.0528. The highest BCUT2D eigenvalue weighted by Gasteiger charge is 2.15. The molecule has 0 fully saturated rings. The second-order valence-electron chi connectivity index (χ2n) is 9.15. The number of H-pyrrole nitrogens is 1. The summed E-state index contributed by atoms with van der Waals surface area (Å²) in [5.74, 6) is 1.70. The lowest BCUT2D eigenvalue weighted by Crippen LogP contribution is -2.33. The molecule has 0 aliphatic carbocycles. The van der Waals surface area contributed by atoms with Crippen LogP contribution in [0.1, 0.15) is 72.3 Å². The number of hydrogen-bond acceptors (Lipinski definition) is 3. The van der Waals surface area contributed by atoms with Gasteiger partial charge in [-0.25, -0.2) is 4.79 Å². The van der Waals surface area contributed by atoms with Crippen LogP contribution < -0.4 is 10.1 Å². The molecule has 2 N–H and O–H groups in total. The van der Waals surface area contributed by atoms with Gasteiger partial charge in [0.1, 0.15) is 11.4 Å². The zero-order chi connectivity index (χ0) is 21.3. The molecule has 1 aromatic carbocycles. The van der Waals surface area contributed by atoms with E-state index in [1.807, 2.05) is 33.0 Å². The molecule has 0 radical (unpaired) electrons. The summed E-state index contributed by atoms with van der Waals surface area (Å²) in [6, 6.07) is 6.16. The Labute approximate surface area is 175 Å². The van der Waals surface area contributed by atoms with Crippen molar-refractivity contribution in [1.29, 1.82) is 0 Å². The molecule has 1 aromatic heterocycles. The largest absolute Gasteiger partial charge is 0.494 e. The molecular weight excluding hydrogens is 364 g/mol. The number of aromatic amines is 1. The van der Waals surface area contributed by atoms with Crippen LogP contribution in [0.2, 0.25) is 0 Å². The smallest absolute Gasteiger partial charge is 0.407 e. The lowest BCUT2D eigenvalue weighted by Gasteiger charge is -2.19. The van der Waals surface area contributed by atoms with Crippen LogP contribution in [0.5, 0.6) is 5.75 Å². The van der Waals surface area contributed by atoms with Gasteiger partial charge in [-0.05, 0) is 63.3 Å². The summed E-state index contributed by atoms with van der Waals surface area (Å²) < 4.78 is 11.2. The van der Waals surface area contributed by atoms with Crippen LogP contribution >= 0.6 is 0 Å². The average Bonchev–Trinajstić information content (AvgIpc) is 3.01. The first-order chi connectivity index (χ1) is 13.7. The van der Waals surface area contributed by atoms with Gasteiger partial charge in [0.15, 0.2) is 0 Å². The van der Waals surface area contributed by atoms with E-state index >= 15 is 0 Å². The van der Waals surface area contributed by atoms with Gasteiger partial charge in [-0.2, -0.15) is 0 Å². The van der Waals surface area contributed by atoms with E-state index in [0.29, 0.717) is 6.54 Å². The van der Waals surface area contributed by atoms with E-state index in [4.69, 9.17) is 9.47 Å². The van der Waals surface area contributed by atoms with Gasteiger partial charge in [-0.15, -0.1) is 0 Å². The Morgan fingerprint density at radius 3 is 2.62 bits per heavy atom. The lowest BCUT2D eigenvalue weighted by atomic mass is 10.0. The maximum atomic E-state index is 11.8. The third-order valence-corrected chi connectivity index (χ3v) is 4.75. The number of carbonyl (C=O) groups is 1. The molecule has 0 atom stereocenters. The molecule has 0 aliphatic rings. The van der Waals surface area contributed by atoms with E-state index in [-0.39, 0.29) is 6.09 Å². The number of aromatic nitrogens is 1. The molecule has 0 bridgehead atoms. The minimum absolute atomic E-state index is 0.380. The maximum absolute atomic E-state index is 11.8. The summed E-state index contributed by atoms with van der Waals surface area (Å²) in [6.45, 7) is 11.4. The van der Waals surface area contributed by atoms with Crippen molar-refractivity contribution < 1.29 is 14.3 Å². The first-order valence-corrected chi connectivity index (χ1v) is 10.9. The second kappa shape index (κ2) is 11.1. The van der Waals surface area contributed by atoms with Gasteiger partial charge < -0.3 is 19.8 Å². The summed E-state index contributed by atoms with van der Waals surface area (Å²) in [5, 5.41) is 3.96. The predicted molar refractivity (Wildman–Crippen MR) is 120 cm³/mol. The van der Waals surface area contributed by atoms with Crippen LogP contribution in [0, 0.1) is 5.92 Å². The normalized spacial score (nSPS) is 11.8. The molecule has 1 amide bonds. The molecule has 0 saturated carbocycles. The van der Waals surface area contributed by atoms with Crippen LogP contribution in [0.25, 0.3) is 10.9 Å². The van der Waals surface area contributed by atoms with Gasteiger partial charge >= 0.3 is 6.09 Å². The monoisotopic (exact) mass is 402 g/mol. The minimum Gasteiger partial charge on any atom is -0.494 e. The standard InChI is InChI=1S/C24H38N2O3/c1-18(2)10-8-6-7-9-15-28-20-11-12-22-21(16-20)19(17-26-22)13-14-25-23(27)29-24(3,4)5/h11-12,16-18,26H,6-10,13-15H2,1-5H3,(H,25,27). The summed E-state index contributed by atoms with van der Waals surface area (Å²) in [5.41, 5.74) is 1.76. The van der Waals surface area contributed by atoms with Gasteiger partial charge in [0, 0.05) is 23.6 Å². The summed E-state index contributed by atoms with van der Waals surface area (Å²) in [7, 11) is 0. The van der Waals surface area contributed by atoms with Crippen molar-refractivity contribution in [3.8, 4) is 5.75 Å². The second-order valence-corrected chi connectivity index (χ2v) is 9.15. The molecule has 1 heterocycles. The SMILES string of the molecule is CC(C)CCCCCCOc1ccc2[nH]cc(CCNC(=O)OC(C)(C)C)c2c1. The van der Waals surface area contributed by atoms with E-state index < -0.39 is 5.60 Å². The van der Waals surface area contributed by atoms with Crippen LogP contribution in [0.3, 0.4) is 0 Å². The number of nitrogens with one attached hydrogen (secondary N) is 2. The Balaban J connectivity index is 1.78. The number of alkyl carbamates (subject to hydrolysis) is 1. The Morgan fingerprint density at radius 2 is 1.90 bits per heavy atom. The van der Waals surface area contributed by atoms with E-state index in [1.54, 1.807) is 0 Å². The van der Waals surface area contributed by atoms with Crippen molar-refractivity contribution in [2.45, 2.75) is 78.7 Å². The molecular formula is C24H38N2O3. The Hall–Kier alpha value is -2.17. The van der Waals surface area contributed by atoms with Crippen LogP contribution in [0.15, 0.2) is 24.4 Å². The summed E-state index contributed by atoms with van der Waals surface area (Å²) in [6.07, 6.45) is 8.58. The molecule has 2 aromatic rings. The first-order valence-electron chi connectivity index (χ1n) is 10.9. The average molecular weight is 403 g/mol. The van der Waals surface area contributed by atoms with E-state index in [1.165, 1.54) is 25.7 Å². The molecule has 0 unspecified atom stereocenters. The topological polar surface area (TPSA) is 63.3 Å². The fraction of sp³-hybridized carbons (Fsp3) is 0.625. The van der Waals surface area contributed by atoms with Gasteiger partial charge in [-0.3, -0.25) is 0 Å². The molecule has 29 heavy (non-hydrogen) atoms. The van der Waals surface area contributed by atoms with E-state index in [0.717, 1.165) is 47.6 Å². The van der Waals surface area contributed by atoms with Gasteiger partial charge in [0.2, 0.25) is 0 Å². The maximum Gasteiger partial charge on any atom is 0.407 e. The molecule has 2 rings (SSSR count). The number of amides is 1. The third kappa shape index (κ3) is 8.80. The van der Waals surface area contributed by atoms with Crippen molar-refractivity contribution >= 4 is 17.0 Å². The summed E-state index contributed by atoms with van der Waals surface area (Å²) >= 11 is 0. The van der Waals surface area contributed by atoms with Gasteiger partial charge in [0.25, 0.3) is 0 Å². The molecule has 0 aliphatic heterocycles. The molecule has 5 heteroatoms.